The summed E-state index contributed by atoms with van der Waals surface area (Å²) in [7, 11) is 0. The zero-order chi connectivity index (χ0) is 13.1. The van der Waals surface area contributed by atoms with Crippen molar-refractivity contribution in [3.05, 3.63) is 46.1 Å². The molecule has 0 bridgehead atoms. The van der Waals surface area contributed by atoms with Crippen LogP contribution in [0.5, 0.6) is 0 Å². The monoisotopic (exact) mass is 253 g/mol. The summed E-state index contributed by atoms with van der Waals surface area (Å²) in [5, 5.41) is 18.7. The van der Waals surface area contributed by atoms with Gasteiger partial charge in [0, 0.05) is 10.9 Å². The summed E-state index contributed by atoms with van der Waals surface area (Å²) in [6.45, 7) is 1.96. The van der Waals surface area contributed by atoms with Crippen molar-refractivity contribution in [2.75, 3.05) is 0 Å². The first-order chi connectivity index (χ1) is 8.65. The van der Waals surface area contributed by atoms with Crippen LogP contribution in [0.1, 0.15) is 11.1 Å². The van der Waals surface area contributed by atoms with Crippen LogP contribution >= 0.6 is 11.6 Å². The second kappa shape index (κ2) is 4.87. The van der Waals surface area contributed by atoms with E-state index in [0.717, 1.165) is 16.5 Å². The molecule has 0 atom stereocenters. The SMILES string of the molecule is Cc1cccc2cc(C=C(C#N)C#N)c(Cl)nc12. The number of nitrogens with zero attached hydrogens (tertiary/aromatic N) is 3. The number of fused-ring (bicyclic) bond motifs is 1. The molecule has 0 amide bonds. The Balaban J connectivity index is 2.69. The molecular formula is C14H8ClN3. The van der Waals surface area contributed by atoms with E-state index in [1.165, 1.54) is 6.08 Å². The van der Waals surface area contributed by atoms with Crippen molar-refractivity contribution in [2.24, 2.45) is 0 Å². The summed E-state index contributed by atoms with van der Waals surface area (Å²) < 4.78 is 0. The van der Waals surface area contributed by atoms with Crippen LogP contribution in [-0.2, 0) is 0 Å². The van der Waals surface area contributed by atoms with Crippen LogP contribution < -0.4 is 0 Å². The third-order valence-electron chi connectivity index (χ3n) is 2.57. The van der Waals surface area contributed by atoms with Gasteiger partial charge < -0.3 is 0 Å². The average molecular weight is 254 g/mol. The third kappa shape index (κ3) is 2.18. The standard InChI is InChI=1S/C14H8ClN3/c1-9-3-2-4-11-6-12(5-10(7-16)8-17)14(15)18-13(9)11/h2-6H,1H3. The molecule has 0 aliphatic heterocycles. The first-order valence-electron chi connectivity index (χ1n) is 5.23. The van der Waals surface area contributed by atoms with Gasteiger partial charge in [-0.2, -0.15) is 10.5 Å². The molecule has 0 spiro atoms. The molecule has 0 aliphatic carbocycles. The van der Waals surface area contributed by atoms with Gasteiger partial charge in [-0.25, -0.2) is 4.98 Å². The molecule has 0 radical (unpaired) electrons. The fourth-order valence-corrected chi connectivity index (χ4v) is 1.88. The Kier molecular flexibility index (Phi) is 3.28. The van der Waals surface area contributed by atoms with Gasteiger partial charge in [-0.3, -0.25) is 0 Å². The number of aryl methyl sites for hydroxylation is 1. The maximum absolute atomic E-state index is 8.73. The molecule has 0 unspecified atom stereocenters. The van der Waals surface area contributed by atoms with E-state index in [-0.39, 0.29) is 5.57 Å². The van der Waals surface area contributed by atoms with E-state index >= 15 is 0 Å². The normalized spacial score (nSPS) is 9.56. The third-order valence-corrected chi connectivity index (χ3v) is 2.87. The molecule has 1 aromatic heterocycles. The molecule has 0 aliphatic rings. The number of nitriles is 2. The predicted octanol–water partition coefficient (Wildman–Crippen LogP) is 3.63. The lowest BCUT2D eigenvalue weighted by Crippen LogP contribution is -1.88. The smallest absolute Gasteiger partial charge is 0.137 e. The number of pyridine rings is 1. The molecule has 18 heavy (non-hydrogen) atoms. The molecule has 86 valence electrons. The van der Waals surface area contributed by atoms with Crippen molar-refractivity contribution >= 4 is 28.6 Å². The highest BCUT2D eigenvalue weighted by Gasteiger charge is 2.06. The minimum atomic E-state index is 0.00528. The Labute approximate surface area is 110 Å². The second-order valence-corrected chi connectivity index (χ2v) is 4.15. The summed E-state index contributed by atoms with van der Waals surface area (Å²) in [5.74, 6) is 0. The summed E-state index contributed by atoms with van der Waals surface area (Å²) >= 11 is 6.06. The number of allylic oxidation sites excluding steroid dienone is 1. The molecule has 2 rings (SSSR count). The van der Waals surface area contributed by atoms with Gasteiger partial charge >= 0.3 is 0 Å². The van der Waals surface area contributed by atoms with Gasteiger partial charge in [0.05, 0.1) is 5.52 Å². The summed E-state index contributed by atoms with van der Waals surface area (Å²) in [6.07, 6.45) is 1.44. The van der Waals surface area contributed by atoms with Crippen LogP contribution in [0.25, 0.3) is 17.0 Å². The Morgan fingerprint density at radius 2 is 2.06 bits per heavy atom. The van der Waals surface area contributed by atoms with Gasteiger partial charge in [0.25, 0.3) is 0 Å². The number of rotatable bonds is 1. The summed E-state index contributed by atoms with van der Waals surface area (Å²) in [5.41, 5.74) is 2.44. The number of halogens is 1. The van der Waals surface area contributed by atoms with Crippen molar-refractivity contribution in [3.8, 4) is 12.1 Å². The number of aromatic nitrogens is 1. The molecule has 0 fully saturated rings. The lowest BCUT2D eigenvalue weighted by atomic mass is 10.1. The Bertz CT molecular complexity index is 717. The van der Waals surface area contributed by atoms with E-state index in [1.54, 1.807) is 12.1 Å². The van der Waals surface area contributed by atoms with Crippen LogP contribution in [0.4, 0.5) is 0 Å². The van der Waals surface area contributed by atoms with Crippen LogP contribution in [0, 0.1) is 29.6 Å². The highest BCUT2D eigenvalue weighted by molar-refractivity contribution is 6.31. The first kappa shape index (κ1) is 12.1. The topological polar surface area (TPSA) is 60.5 Å². The van der Waals surface area contributed by atoms with Gasteiger partial charge in [-0.15, -0.1) is 0 Å². The molecule has 1 aromatic carbocycles. The maximum Gasteiger partial charge on any atom is 0.137 e. The van der Waals surface area contributed by atoms with Crippen molar-refractivity contribution in [1.82, 2.24) is 4.98 Å². The molecule has 4 heteroatoms. The quantitative estimate of drug-likeness (QED) is 0.576. The molecule has 0 N–H and O–H groups in total. The van der Waals surface area contributed by atoms with Crippen LogP contribution in [0.15, 0.2) is 29.8 Å². The maximum atomic E-state index is 8.73. The van der Waals surface area contributed by atoms with Crippen LogP contribution in [0.2, 0.25) is 5.15 Å². The lowest BCUT2D eigenvalue weighted by Gasteiger charge is -2.04. The highest BCUT2D eigenvalue weighted by Crippen LogP contribution is 2.24. The van der Waals surface area contributed by atoms with Gasteiger partial charge in [0.1, 0.15) is 22.9 Å². The summed E-state index contributed by atoms with van der Waals surface area (Å²) in [6, 6.07) is 11.2. The number of hydrogen-bond donors (Lipinski definition) is 0. The van der Waals surface area contributed by atoms with E-state index in [4.69, 9.17) is 22.1 Å². The lowest BCUT2D eigenvalue weighted by molar-refractivity contribution is 1.35. The van der Waals surface area contributed by atoms with E-state index in [2.05, 4.69) is 4.98 Å². The minimum Gasteiger partial charge on any atom is -0.235 e. The fraction of sp³-hybridized carbons (Fsp3) is 0.0714. The summed E-state index contributed by atoms with van der Waals surface area (Å²) in [4.78, 5) is 4.30. The van der Waals surface area contributed by atoms with Crippen molar-refractivity contribution < 1.29 is 0 Å². The molecule has 0 saturated carbocycles. The van der Waals surface area contributed by atoms with Gasteiger partial charge in [-0.05, 0) is 24.6 Å². The highest BCUT2D eigenvalue weighted by atomic mass is 35.5. The zero-order valence-corrected chi connectivity index (χ0v) is 10.4. The Morgan fingerprint density at radius 3 is 2.72 bits per heavy atom. The number of benzene rings is 1. The second-order valence-electron chi connectivity index (χ2n) is 3.80. The van der Waals surface area contributed by atoms with Gasteiger partial charge in [0.2, 0.25) is 0 Å². The van der Waals surface area contributed by atoms with E-state index in [9.17, 15) is 0 Å². The Morgan fingerprint density at radius 1 is 1.33 bits per heavy atom. The van der Waals surface area contributed by atoms with Crippen molar-refractivity contribution in [2.45, 2.75) is 6.92 Å². The van der Waals surface area contributed by atoms with E-state index in [1.807, 2.05) is 31.2 Å². The van der Waals surface area contributed by atoms with E-state index < -0.39 is 0 Å². The molecule has 2 aromatic rings. The molecule has 1 heterocycles. The van der Waals surface area contributed by atoms with Gasteiger partial charge in [0.15, 0.2) is 0 Å². The minimum absolute atomic E-state index is 0.00528. The van der Waals surface area contributed by atoms with Gasteiger partial charge in [-0.1, -0.05) is 29.8 Å². The molecule has 3 nitrogen and oxygen atoms in total. The van der Waals surface area contributed by atoms with Crippen LogP contribution in [-0.4, -0.2) is 4.98 Å². The molecule has 0 saturated heterocycles. The van der Waals surface area contributed by atoms with Crippen LogP contribution in [0.3, 0.4) is 0 Å². The first-order valence-corrected chi connectivity index (χ1v) is 5.61. The average Bonchev–Trinajstić information content (AvgIpc) is 2.37. The number of hydrogen-bond acceptors (Lipinski definition) is 3. The van der Waals surface area contributed by atoms with Crippen molar-refractivity contribution in [3.63, 3.8) is 0 Å². The number of para-hydroxylation sites is 1. The fourth-order valence-electron chi connectivity index (χ4n) is 1.69. The predicted molar refractivity (Wildman–Crippen MR) is 70.7 cm³/mol. The largest absolute Gasteiger partial charge is 0.235 e. The Hall–Kier alpha value is -2.36. The van der Waals surface area contributed by atoms with Crippen molar-refractivity contribution in [1.29, 1.82) is 10.5 Å². The zero-order valence-electron chi connectivity index (χ0n) is 9.61. The molecular weight excluding hydrogens is 246 g/mol. The van der Waals surface area contributed by atoms with E-state index in [0.29, 0.717) is 10.7 Å².